The van der Waals surface area contributed by atoms with Gasteiger partial charge in [-0.25, -0.2) is 0 Å². The average molecular weight is 207 g/mol. The van der Waals surface area contributed by atoms with Crippen LogP contribution in [0.3, 0.4) is 0 Å². The molecule has 0 radical (unpaired) electrons. The molecule has 1 atom stereocenters. The predicted octanol–water partition coefficient (Wildman–Crippen LogP) is 2.29. The molecule has 0 N–H and O–H groups in total. The molecule has 0 aromatic rings. The van der Waals surface area contributed by atoms with Crippen LogP contribution in [-0.2, 0) is 4.79 Å². The lowest BCUT2D eigenvalue weighted by atomic mass is 9.81. The SMILES string of the molecule is C#CCN(CC)C(=O)C1CCCC1(C)C. The van der Waals surface area contributed by atoms with Crippen molar-refractivity contribution in [2.24, 2.45) is 11.3 Å². The lowest BCUT2D eigenvalue weighted by Crippen LogP contribution is -2.40. The Kier molecular flexibility index (Phi) is 3.79. The van der Waals surface area contributed by atoms with Crippen LogP contribution < -0.4 is 0 Å². The smallest absolute Gasteiger partial charge is 0.226 e. The Morgan fingerprint density at radius 1 is 1.60 bits per heavy atom. The molecule has 1 saturated carbocycles. The maximum absolute atomic E-state index is 12.2. The van der Waals surface area contributed by atoms with E-state index in [-0.39, 0.29) is 17.2 Å². The first kappa shape index (κ1) is 12.1. The van der Waals surface area contributed by atoms with E-state index < -0.39 is 0 Å². The van der Waals surface area contributed by atoms with E-state index in [0.29, 0.717) is 6.54 Å². The van der Waals surface area contributed by atoms with Gasteiger partial charge in [-0.05, 0) is 25.2 Å². The molecule has 0 bridgehead atoms. The fourth-order valence-corrected chi connectivity index (χ4v) is 2.46. The lowest BCUT2D eigenvalue weighted by Gasteiger charge is -2.30. The van der Waals surface area contributed by atoms with Gasteiger partial charge in [-0.3, -0.25) is 4.79 Å². The molecule has 0 heterocycles. The molecule has 0 saturated heterocycles. The molecule has 0 aromatic heterocycles. The Labute approximate surface area is 93.0 Å². The minimum absolute atomic E-state index is 0.152. The van der Waals surface area contributed by atoms with Crippen molar-refractivity contribution in [3.8, 4) is 12.3 Å². The Morgan fingerprint density at radius 2 is 2.27 bits per heavy atom. The van der Waals surface area contributed by atoms with Crippen molar-refractivity contribution >= 4 is 5.91 Å². The second-order valence-corrected chi connectivity index (χ2v) is 4.99. The Morgan fingerprint density at radius 3 is 2.67 bits per heavy atom. The molecule has 1 rings (SSSR count). The van der Waals surface area contributed by atoms with Crippen LogP contribution in [0, 0.1) is 23.7 Å². The summed E-state index contributed by atoms with van der Waals surface area (Å²) in [6, 6.07) is 0. The largest absolute Gasteiger partial charge is 0.332 e. The standard InChI is InChI=1S/C13H21NO/c1-5-10-14(6-2)12(15)11-8-7-9-13(11,3)4/h1,11H,6-10H2,2-4H3. The van der Waals surface area contributed by atoms with E-state index in [1.807, 2.05) is 6.92 Å². The van der Waals surface area contributed by atoms with Crippen LogP contribution in [0.1, 0.15) is 40.0 Å². The summed E-state index contributed by atoms with van der Waals surface area (Å²) in [5, 5.41) is 0. The maximum atomic E-state index is 12.2. The highest BCUT2D eigenvalue weighted by atomic mass is 16.2. The van der Waals surface area contributed by atoms with Crippen LogP contribution in [0.4, 0.5) is 0 Å². The number of amides is 1. The fourth-order valence-electron chi connectivity index (χ4n) is 2.46. The zero-order chi connectivity index (χ0) is 11.5. The van der Waals surface area contributed by atoms with Gasteiger partial charge in [-0.1, -0.05) is 26.2 Å². The van der Waals surface area contributed by atoms with E-state index in [1.54, 1.807) is 4.90 Å². The lowest BCUT2D eigenvalue weighted by molar-refractivity contribution is -0.137. The summed E-state index contributed by atoms with van der Waals surface area (Å²) in [7, 11) is 0. The van der Waals surface area contributed by atoms with Crippen LogP contribution in [0.5, 0.6) is 0 Å². The molecular weight excluding hydrogens is 186 g/mol. The highest BCUT2D eigenvalue weighted by Gasteiger charge is 2.40. The Bertz CT molecular complexity index is 275. The highest BCUT2D eigenvalue weighted by Crippen LogP contribution is 2.43. The third-order valence-corrected chi connectivity index (χ3v) is 3.53. The van der Waals surface area contributed by atoms with Crippen LogP contribution in [-0.4, -0.2) is 23.9 Å². The maximum Gasteiger partial charge on any atom is 0.226 e. The summed E-state index contributed by atoms with van der Waals surface area (Å²) in [6.45, 7) is 7.52. The van der Waals surface area contributed by atoms with Gasteiger partial charge in [0.25, 0.3) is 0 Å². The first-order chi connectivity index (χ1) is 7.03. The second kappa shape index (κ2) is 4.70. The van der Waals surface area contributed by atoms with E-state index in [0.717, 1.165) is 25.8 Å². The van der Waals surface area contributed by atoms with Crippen LogP contribution >= 0.6 is 0 Å². The van der Waals surface area contributed by atoms with E-state index in [1.165, 1.54) is 0 Å². The zero-order valence-electron chi connectivity index (χ0n) is 10.0. The minimum Gasteiger partial charge on any atom is -0.332 e. The van der Waals surface area contributed by atoms with Crippen molar-refractivity contribution in [1.29, 1.82) is 0 Å². The summed E-state index contributed by atoms with van der Waals surface area (Å²) in [5.41, 5.74) is 0.152. The van der Waals surface area contributed by atoms with Gasteiger partial charge in [0.05, 0.1) is 6.54 Å². The molecular formula is C13H21NO. The quantitative estimate of drug-likeness (QED) is 0.650. The van der Waals surface area contributed by atoms with Gasteiger partial charge in [0.15, 0.2) is 0 Å². The molecule has 2 heteroatoms. The van der Waals surface area contributed by atoms with Gasteiger partial charge in [0.2, 0.25) is 5.91 Å². The first-order valence-corrected chi connectivity index (χ1v) is 5.75. The number of rotatable bonds is 3. The van der Waals surface area contributed by atoms with Crippen LogP contribution in [0.15, 0.2) is 0 Å². The Balaban J connectivity index is 2.71. The molecule has 84 valence electrons. The van der Waals surface area contributed by atoms with Crippen molar-refractivity contribution in [3.63, 3.8) is 0 Å². The van der Waals surface area contributed by atoms with Gasteiger partial charge in [0.1, 0.15) is 0 Å². The normalized spacial score (nSPS) is 23.5. The zero-order valence-corrected chi connectivity index (χ0v) is 10.0. The molecule has 1 fully saturated rings. The molecule has 0 aromatic carbocycles. The van der Waals surface area contributed by atoms with Crippen molar-refractivity contribution in [2.75, 3.05) is 13.1 Å². The summed E-state index contributed by atoms with van der Waals surface area (Å²) in [5.74, 6) is 2.98. The molecule has 1 unspecified atom stereocenters. The van der Waals surface area contributed by atoms with Crippen LogP contribution in [0.2, 0.25) is 0 Å². The third-order valence-electron chi connectivity index (χ3n) is 3.53. The summed E-state index contributed by atoms with van der Waals surface area (Å²) >= 11 is 0. The van der Waals surface area contributed by atoms with Crippen molar-refractivity contribution in [2.45, 2.75) is 40.0 Å². The number of carbonyl (C=O) groups excluding carboxylic acids is 1. The molecule has 1 aliphatic rings. The van der Waals surface area contributed by atoms with Gasteiger partial charge in [0, 0.05) is 12.5 Å². The summed E-state index contributed by atoms with van der Waals surface area (Å²) in [6.07, 6.45) is 8.60. The highest BCUT2D eigenvalue weighted by molar-refractivity contribution is 5.80. The number of hydrogen-bond donors (Lipinski definition) is 0. The number of terminal acetylenes is 1. The number of carbonyl (C=O) groups is 1. The molecule has 1 amide bonds. The van der Waals surface area contributed by atoms with E-state index in [9.17, 15) is 4.79 Å². The number of nitrogens with zero attached hydrogens (tertiary/aromatic N) is 1. The van der Waals surface area contributed by atoms with E-state index in [2.05, 4.69) is 19.8 Å². The van der Waals surface area contributed by atoms with Crippen molar-refractivity contribution in [3.05, 3.63) is 0 Å². The van der Waals surface area contributed by atoms with Gasteiger partial charge in [-0.2, -0.15) is 0 Å². The van der Waals surface area contributed by atoms with E-state index >= 15 is 0 Å². The molecule has 1 aliphatic carbocycles. The molecule has 0 spiro atoms. The summed E-state index contributed by atoms with van der Waals surface area (Å²) in [4.78, 5) is 14.0. The predicted molar refractivity (Wildman–Crippen MR) is 62.2 cm³/mol. The Hall–Kier alpha value is -0.970. The van der Waals surface area contributed by atoms with Gasteiger partial charge >= 0.3 is 0 Å². The van der Waals surface area contributed by atoms with E-state index in [4.69, 9.17) is 6.42 Å². The second-order valence-electron chi connectivity index (χ2n) is 4.99. The minimum atomic E-state index is 0.152. The fraction of sp³-hybridized carbons (Fsp3) is 0.769. The van der Waals surface area contributed by atoms with Crippen LogP contribution in [0.25, 0.3) is 0 Å². The topological polar surface area (TPSA) is 20.3 Å². The third kappa shape index (κ3) is 2.53. The average Bonchev–Trinajstić information content (AvgIpc) is 2.53. The molecule has 2 nitrogen and oxygen atoms in total. The molecule has 15 heavy (non-hydrogen) atoms. The first-order valence-electron chi connectivity index (χ1n) is 5.75. The monoisotopic (exact) mass is 207 g/mol. The summed E-state index contributed by atoms with van der Waals surface area (Å²) < 4.78 is 0. The van der Waals surface area contributed by atoms with Crippen molar-refractivity contribution in [1.82, 2.24) is 4.90 Å². The molecule has 0 aliphatic heterocycles. The van der Waals surface area contributed by atoms with Gasteiger partial charge in [-0.15, -0.1) is 6.42 Å². The number of hydrogen-bond acceptors (Lipinski definition) is 1. The van der Waals surface area contributed by atoms with Gasteiger partial charge < -0.3 is 4.90 Å². The van der Waals surface area contributed by atoms with Crippen molar-refractivity contribution < 1.29 is 4.79 Å².